The first-order chi connectivity index (χ1) is 10.0. The van der Waals surface area contributed by atoms with Gasteiger partial charge < -0.3 is 4.52 Å². The monoisotopic (exact) mass is 341 g/mol. The molecule has 0 spiro atoms. The van der Waals surface area contributed by atoms with Crippen LogP contribution < -0.4 is 0 Å². The second kappa shape index (κ2) is 5.52. The lowest BCUT2D eigenvalue weighted by Gasteiger charge is -2.15. The lowest BCUT2D eigenvalue weighted by molar-refractivity contribution is 0.103. The van der Waals surface area contributed by atoms with Gasteiger partial charge in [-0.2, -0.15) is 0 Å². The van der Waals surface area contributed by atoms with Gasteiger partial charge in [0.15, 0.2) is 21.4 Å². The number of aromatic nitrogens is 1. The molecule has 0 fully saturated rings. The summed E-state index contributed by atoms with van der Waals surface area (Å²) < 4.78 is 28.2. The Morgan fingerprint density at radius 2 is 1.86 bits per heavy atom. The third kappa shape index (κ3) is 3.23. The summed E-state index contributed by atoms with van der Waals surface area (Å²) in [5.74, 6) is 0.108. The zero-order chi connectivity index (χ0) is 16.7. The van der Waals surface area contributed by atoms with E-state index in [0.717, 1.165) is 6.26 Å². The predicted octanol–water partition coefficient (Wildman–Crippen LogP) is 3.26. The summed E-state index contributed by atoms with van der Waals surface area (Å²) in [4.78, 5) is 12.7. The maximum absolute atomic E-state index is 12.6. The Hall–Kier alpha value is -1.66. The van der Waals surface area contributed by atoms with Crippen molar-refractivity contribution in [1.29, 1.82) is 0 Å². The highest BCUT2D eigenvalue weighted by Gasteiger charge is 2.28. The molecule has 0 radical (unpaired) electrons. The molecule has 0 bridgehead atoms. The minimum atomic E-state index is -3.38. The van der Waals surface area contributed by atoms with Gasteiger partial charge in [0.1, 0.15) is 0 Å². The fraction of sp³-hybridized carbons (Fsp3) is 0.333. The van der Waals surface area contributed by atoms with E-state index in [1.165, 1.54) is 24.4 Å². The maximum atomic E-state index is 12.6. The number of hydrogen-bond donors (Lipinski definition) is 0. The molecule has 7 heteroatoms. The summed E-state index contributed by atoms with van der Waals surface area (Å²) in [6.45, 7) is 5.70. The number of rotatable bonds is 3. The third-order valence-electron chi connectivity index (χ3n) is 3.11. The Balaban J connectivity index is 2.50. The Morgan fingerprint density at radius 1 is 1.23 bits per heavy atom. The number of carbonyl (C=O) groups is 1. The van der Waals surface area contributed by atoms with Crippen molar-refractivity contribution in [2.24, 2.45) is 0 Å². The second-order valence-corrected chi connectivity index (χ2v) is 8.48. The molecule has 0 aliphatic carbocycles. The van der Waals surface area contributed by atoms with Crippen molar-refractivity contribution in [2.45, 2.75) is 31.1 Å². The van der Waals surface area contributed by atoms with Gasteiger partial charge >= 0.3 is 0 Å². The average molecular weight is 342 g/mol. The molecule has 0 saturated heterocycles. The molecule has 0 amide bonds. The van der Waals surface area contributed by atoms with E-state index in [0.29, 0.717) is 11.3 Å². The van der Waals surface area contributed by atoms with Crippen LogP contribution in [0.15, 0.2) is 33.8 Å². The molecule has 0 aliphatic rings. The van der Waals surface area contributed by atoms with Gasteiger partial charge in [-0.25, -0.2) is 8.42 Å². The lowest BCUT2D eigenvalue weighted by Crippen LogP contribution is -2.15. The molecule has 0 atom stereocenters. The van der Waals surface area contributed by atoms with Crippen molar-refractivity contribution in [1.82, 2.24) is 5.16 Å². The minimum Gasteiger partial charge on any atom is -0.360 e. The summed E-state index contributed by atoms with van der Waals surface area (Å²) in [7, 11) is -3.38. The second-order valence-electron chi connectivity index (χ2n) is 6.06. The topological polar surface area (TPSA) is 77.2 Å². The van der Waals surface area contributed by atoms with Gasteiger partial charge in [0.05, 0.1) is 21.7 Å². The van der Waals surface area contributed by atoms with Crippen LogP contribution in [-0.2, 0) is 15.3 Å². The summed E-state index contributed by atoms with van der Waals surface area (Å²) in [5, 5.41) is 3.76. The number of benzene rings is 1. The highest BCUT2D eigenvalue weighted by molar-refractivity contribution is 7.90. The number of hydrogen-bond acceptors (Lipinski definition) is 5. The van der Waals surface area contributed by atoms with E-state index in [1.807, 2.05) is 20.8 Å². The molecule has 1 aromatic carbocycles. The molecular weight excluding hydrogens is 326 g/mol. The molecule has 118 valence electrons. The van der Waals surface area contributed by atoms with E-state index in [9.17, 15) is 13.2 Å². The fourth-order valence-corrected chi connectivity index (χ4v) is 2.98. The predicted molar refractivity (Wildman–Crippen MR) is 83.2 cm³/mol. The zero-order valence-corrected chi connectivity index (χ0v) is 14.2. The molecule has 2 aromatic rings. The number of ketones is 1. The molecule has 0 N–H and O–H groups in total. The molecule has 22 heavy (non-hydrogen) atoms. The van der Waals surface area contributed by atoms with Crippen LogP contribution in [0.2, 0.25) is 5.02 Å². The van der Waals surface area contributed by atoms with E-state index in [1.54, 1.807) is 0 Å². The largest absolute Gasteiger partial charge is 0.360 e. The van der Waals surface area contributed by atoms with Crippen LogP contribution in [0.5, 0.6) is 0 Å². The van der Waals surface area contributed by atoms with Crippen molar-refractivity contribution in [3.63, 3.8) is 0 Å². The number of carbonyl (C=O) groups excluding carboxylic acids is 1. The Bertz CT molecular complexity index is 831. The molecule has 0 aliphatic heterocycles. The summed E-state index contributed by atoms with van der Waals surface area (Å²) in [5.41, 5.74) is 0.144. The van der Waals surface area contributed by atoms with Crippen LogP contribution in [0, 0.1) is 0 Å². The van der Waals surface area contributed by atoms with Crippen molar-refractivity contribution in [2.75, 3.05) is 6.26 Å². The normalized spacial score (nSPS) is 12.4. The van der Waals surface area contributed by atoms with Crippen molar-refractivity contribution in [3.8, 4) is 0 Å². The first-order valence-corrected chi connectivity index (χ1v) is 8.78. The Kier molecular flexibility index (Phi) is 4.19. The first-order valence-electron chi connectivity index (χ1n) is 6.51. The van der Waals surface area contributed by atoms with Gasteiger partial charge in [-0.15, -0.1) is 0 Å². The molecule has 1 aromatic heterocycles. The fourth-order valence-electron chi connectivity index (χ4n) is 2.00. The molecule has 5 nitrogen and oxygen atoms in total. The molecule has 1 heterocycles. The van der Waals surface area contributed by atoms with E-state index < -0.39 is 9.84 Å². The highest BCUT2D eigenvalue weighted by Crippen LogP contribution is 2.29. The quantitative estimate of drug-likeness (QED) is 0.801. The number of nitrogens with zero attached hydrogens (tertiary/aromatic N) is 1. The Labute approximate surface area is 134 Å². The summed E-state index contributed by atoms with van der Waals surface area (Å²) in [6.07, 6.45) is 2.43. The van der Waals surface area contributed by atoms with Gasteiger partial charge in [-0.05, 0) is 18.2 Å². The van der Waals surface area contributed by atoms with Crippen LogP contribution in [0.1, 0.15) is 42.5 Å². The smallest absolute Gasteiger partial charge is 0.199 e. The van der Waals surface area contributed by atoms with E-state index >= 15 is 0 Å². The van der Waals surface area contributed by atoms with Crippen LogP contribution in [-0.4, -0.2) is 25.6 Å². The van der Waals surface area contributed by atoms with Gasteiger partial charge in [0.2, 0.25) is 0 Å². The van der Waals surface area contributed by atoms with Gasteiger partial charge in [0, 0.05) is 17.2 Å². The average Bonchev–Trinajstić information content (AvgIpc) is 2.85. The minimum absolute atomic E-state index is 0.0652. The van der Waals surface area contributed by atoms with Crippen molar-refractivity contribution >= 4 is 27.2 Å². The van der Waals surface area contributed by atoms with Crippen molar-refractivity contribution < 1.29 is 17.7 Å². The highest BCUT2D eigenvalue weighted by atomic mass is 35.5. The standard InChI is InChI=1S/C15H16ClNO4S/c1-15(2,3)14-11(8-17-21-14)13(18)10-6-5-9(7-12(10)16)22(4,19)20/h5-8H,1-4H3. The van der Waals surface area contributed by atoms with E-state index in [4.69, 9.17) is 16.1 Å². The summed E-state index contributed by atoms with van der Waals surface area (Å²) >= 11 is 6.08. The zero-order valence-electron chi connectivity index (χ0n) is 12.7. The van der Waals surface area contributed by atoms with Crippen LogP contribution in [0.3, 0.4) is 0 Å². The van der Waals surface area contributed by atoms with Crippen molar-refractivity contribution in [3.05, 3.63) is 46.3 Å². The SMILES string of the molecule is CC(C)(C)c1oncc1C(=O)c1ccc(S(C)(=O)=O)cc1Cl. The van der Waals surface area contributed by atoms with Gasteiger partial charge in [-0.3, -0.25) is 4.79 Å². The number of halogens is 1. The van der Waals surface area contributed by atoms with Crippen LogP contribution in [0.4, 0.5) is 0 Å². The van der Waals surface area contributed by atoms with Gasteiger partial charge in [-0.1, -0.05) is 37.5 Å². The number of sulfone groups is 1. The van der Waals surface area contributed by atoms with E-state index in [2.05, 4.69) is 5.16 Å². The molecule has 0 unspecified atom stereocenters. The molecule has 0 saturated carbocycles. The van der Waals surface area contributed by atoms with Gasteiger partial charge in [0.25, 0.3) is 0 Å². The third-order valence-corrected chi connectivity index (χ3v) is 4.53. The first kappa shape index (κ1) is 16.7. The van der Waals surface area contributed by atoms with Crippen LogP contribution in [0.25, 0.3) is 0 Å². The van der Waals surface area contributed by atoms with Crippen LogP contribution >= 0.6 is 11.6 Å². The van der Waals surface area contributed by atoms with E-state index in [-0.39, 0.29) is 26.7 Å². The lowest BCUT2D eigenvalue weighted by atomic mass is 9.88. The Morgan fingerprint density at radius 3 is 2.36 bits per heavy atom. The molecular formula is C15H16ClNO4S. The molecule has 2 rings (SSSR count). The maximum Gasteiger partial charge on any atom is 0.199 e. The summed E-state index contributed by atoms with van der Waals surface area (Å²) in [6, 6.07) is 4.04.